The van der Waals surface area contributed by atoms with Crippen LogP contribution in [0.4, 0.5) is 23.0 Å². The van der Waals surface area contributed by atoms with Gasteiger partial charge in [-0.1, -0.05) is 23.7 Å². The van der Waals surface area contributed by atoms with Gasteiger partial charge in [-0.15, -0.1) is 0 Å². The summed E-state index contributed by atoms with van der Waals surface area (Å²) in [5, 5.41) is 6.80. The summed E-state index contributed by atoms with van der Waals surface area (Å²) in [6.45, 7) is 10.0. The number of halogens is 1. The zero-order valence-electron chi connectivity index (χ0n) is 26.4. The number of nitrogens with zero attached hydrogens (tertiary/aromatic N) is 5. The zero-order chi connectivity index (χ0) is 31.6. The number of piperazine rings is 1. The largest absolute Gasteiger partial charge is 0.494 e. The van der Waals surface area contributed by atoms with Crippen LogP contribution in [0.5, 0.6) is 5.75 Å². The van der Waals surface area contributed by atoms with Crippen molar-refractivity contribution >= 4 is 46.4 Å². The van der Waals surface area contributed by atoms with Crippen LogP contribution in [-0.4, -0.2) is 84.5 Å². The van der Waals surface area contributed by atoms with Crippen molar-refractivity contribution in [1.29, 1.82) is 0 Å². The Balaban J connectivity index is 1.08. The molecule has 0 bridgehead atoms. The number of carbonyl (C=O) groups excluding carboxylic acids is 2. The van der Waals surface area contributed by atoms with Crippen LogP contribution in [0.3, 0.4) is 0 Å². The van der Waals surface area contributed by atoms with Gasteiger partial charge in [0.25, 0.3) is 0 Å². The number of methoxy groups -OCH3 is 1. The number of carbonyl (C=O) groups is 2. The van der Waals surface area contributed by atoms with E-state index in [1.165, 1.54) is 12.8 Å². The molecule has 2 amide bonds. The van der Waals surface area contributed by atoms with Crippen molar-refractivity contribution < 1.29 is 14.3 Å². The highest BCUT2D eigenvalue weighted by Crippen LogP contribution is 2.40. The second kappa shape index (κ2) is 13.2. The number of aryl methyl sites for hydroxylation is 2. The predicted octanol–water partition coefficient (Wildman–Crippen LogP) is 5.03. The van der Waals surface area contributed by atoms with Gasteiger partial charge in [0.1, 0.15) is 5.75 Å². The van der Waals surface area contributed by atoms with E-state index in [-0.39, 0.29) is 11.8 Å². The van der Waals surface area contributed by atoms with Crippen molar-refractivity contribution in [2.45, 2.75) is 51.4 Å². The van der Waals surface area contributed by atoms with Gasteiger partial charge in [0.2, 0.25) is 17.8 Å². The lowest BCUT2D eigenvalue weighted by Gasteiger charge is -2.36. The summed E-state index contributed by atoms with van der Waals surface area (Å²) in [7, 11) is 1.65. The predicted molar refractivity (Wildman–Crippen MR) is 178 cm³/mol. The molecule has 11 heteroatoms. The van der Waals surface area contributed by atoms with Gasteiger partial charge in [-0.25, -0.2) is 9.97 Å². The minimum absolute atomic E-state index is 0.0112. The molecular formula is C34H42ClN7O3. The molecule has 0 aliphatic carbocycles. The number of ether oxygens (including phenoxy) is 1. The molecule has 2 saturated heterocycles. The number of aromatic nitrogens is 2. The molecule has 4 heterocycles. The summed E-state index contributed by atoms with van der Waals surface area (Å²) < 4.78 is 5.75. The lowest BCUT2D eigenvalue weighted by molar-refractivity contribution is -0.131. The second-order valence-electron chi connectivity index (χ2n) is 12.6. The van der Waals surface area contributed by atoms with E-state index in [1.807, 2.05) is 43.0 Å². The van der Waals surface area contributed by atoms with E-state index in [0.717, 1.165) is 79.7 Å². The Morgan fingerprint density at radius 1 is 1.07 bits per heavy atom. The first kappa shape index (κ1) is 31.1. The summed E-state index contributed by atoms with van der Waals surface area (Å²) in [4.78, 5) is 41.1. The standard InChI is InChI=1S/C34H42ClN7O3/c1-34(2)31-23(7-6-8-28(31)37-32(34)44)9-11-26-25(35)22-36-33(38-26)39-27-12-10-24(21-29(27)45-3)41-17-19-42(20-18-41)30(43)13-16-40-14-4-5-15-40/h6-8,10,12,21-22H,4-5,9,11,13-20H2,1-3H3,(H,37,44)(H,36,38,39). The van der Waals surface area contributed by atoms with Crippen LogP contribution >= 0.6 is 11.6 Å². The topological polar surface area (TPSA) is 103 Å². The lowest BCUT2D eigenvalue weighted by Crippen LogP contribution is -2.49. The van der Waals surface area contributed by atoms with Gasteiger partial charge in [0.15, 0.2) is 0 Å². The Hall–Kier alpha value is -3.89. The number of rotatable bonds is 10. The van der Waals surface area contributed by atoms with E-state index < -0.39 is 5.41 Å². The summed E-state index contributed by atoms with van der Waals surface area (Å²) >= 11 is 6.53. The highest BCUT2D eigenvalue weighted by molar-refractivity contribution is 6.31. The van der Waals surface area contributed by atoms with Crippen molar-refractivity contribution in [3.8, 4) is 5.75 Å². The Morgan fingerprint density at radius 2 is 1.84 bits per heavy atom. The maximum absolute atomic E-state index is 12.8. The first-order chi connectivity index (χ1) is 21.7. The number of amides is 2. The molecule has 0 atom stereocenters. The van der Waals surface area contributed by atoms with Crippen LogP contribution < -0.4 is 20.3 Å². The fourth-order valence-corrected chi connectivity index (χ4v) is 6.85. The van der Waals surface area contributed by atoms with Crippen molar-refractivity contribution in [1.82, 2.24) is 19.8 Å². The molecule has 0 spiro atoms. The molecule has 2 aromatic carbocycles. The molecule has 3 aliphatic rings. The average molecular weight is 632 g/mol. The quantitative estimate of drug-likeness (QED) is 0.321. The molecule has 6 rings (SSSR count). The van der Waals surface area contributed by atoms with Crippen molar-refractivity contribution in [2.24, 2.45) is 0 Å². The van der Waals surface area contributed by atoms with Crippen LogP contribution in [0, 0.1) is 0 Å². The molecule has 1 aromatic heterocycles. The van der Waals surface area contributed by atoms with Crippen LogP contribution in [0.15, 0.2) is 42.6 Å². The Kier molecular flexibility index (Phi) is 9.14. The summed E-state index contributed by atoms with van der Waals surface area (Å²) in [5.74, 6) is 1.37. The minimum atomic E-state index is -0.588. The highest BCUT2D eigenvalue weighted by atomic mass is 35.5. The van der Waals surface area contributed by atoms with E-state index in [1.54, 1.807) is 13.3 Å². The van der Waals surface area contributed by atoms with Gasteiger partial charge >= 0.3 is 0 Å². The maximum Gasteiger partial charge on any atom is 0.234 e. The average Bonchev–Trinajstić information content (AvgIpc) is 3.65. The zero-order valence-corrected chi connectivity index (χ0v) is 27.1. The number of fused-ring (bicyclic) bond motifs is 1. The van der Waals surface area contributed by atoms with Gasteiger partial charge in [-0.3, -0.25) is 9.59 Å². The third kappa shape index (κ3) is 6.72. The molecule has 0 saturated carbocycles. The van der Waals surface area contributed by atoms with Gasteiger partial charge in [-0.05, 0) is 81.9 Å². The van der Waals surface area contributed by atoms with Crippen molar-refractivity contribution in [2.75, 3.05) is 68.5 Å². The summed E-state index contributed by atoms with van der Waals surface area (Å²) in [5.41, 5.74) is 4.94. The highest BCUT2D eigenvalue weighted by Gasteiger charge is 2.39. The lowest BCUT2D eigenvalue weighted by atomic mass is 9.82. The fraction of sp³-hybridized carbons (Fsp3) is 0.471. The SMILES string of the molecule is COc1cc(N2CCN(C(=O)CCN3CCCC3)CC2)ccc1Nc1ncc(Cl)c(CCc2cccc3c2C(C)(C)C(=O)N3)n1. The van der Waals surface area contributed by atoms with E-state index >= 15 is 0 Å². The van der Waals surface area contributed by atoms with Crippen LogP contribution in [0.25, 0.3) is 0 Å². The van der Waals surface area contributed by atoms with Crippen LogP contribution in [0.2, 0.25) is 5.02 Å². The number of hydrogen-bond donors (Lipinski definition) is 2. The van der Waals surface area contributed by atoms with Gasteiger partial charge < -0.3 is 30.1 Å². The Morgan fingerprint density at radius 3 is 2.60 bits per heavy atom. The molecule has 0 unspecified atom stereocenters. The third-order valence-corrected chi connectivity index (χ3v) is 9.62. The van der Waals surface area contributed by atoms with Gasteiger partial charge in [-0.2, -0.15) is 0 Å². The van der Waals surface area contributed by atoms with E-state index in [4.69, 9.17) is 21.3 Å². The van der Waals surface area contributed by atoms with Crippen molar-refractivity contribution in [3.63, 3.8) is 0 Å². The molecule has 2 fully saturated rings. The van der Waals surface area contributed by atoms with Crippen LogP contribution in [-0.2, 0) is 27.8 Å². The number of anilines is 4. The first-order valence-corrected chi connectivity index (χ1v) is 16.3. The van der Waals surface area contributed by atoms with Crippen molar-refractivity contribution in [3.05, 3.63) is 64.4 Å². The summed E-state index contributed by atoms with van der Waals surface area (Å²) in [6, 6.07) is 12.0. The molecule has 10 nitrogen and oxygen atoms in total. The molecular weight excluding hydrogens is 590 g/mol. The smallest absolute Gasteiger partial charge is 0.234 e. The Bertz CT molecular complexity index is 1570. The molecule has 45 heavy (non-hydrogen) atoms. The van der Waals surface area contributed by atoms with E-state index in [0.29, 0.717) is 36.0 Å². The maximum atomic E-state index is 12.8. The number of benzene rings is 2. The summed E-state index contributed by atoms with van der Waals surface area (Å²) in [6.07, 6.45) is 6.00. The molecule has 3 aromatic rings. The second-order valence-corrected chi connectivity index (χ2v) is 13.0. The minimum Gasteiger partial charge on any atom is -0.494 e. The van der Waals surface area contributed by atoms with E-state index in [9.17, 15) is 9.59 Å². The van der Waals surface area contributed by atoms with Crippen LogP contribution in [0.1, 0.15) is 49.9 Å². The number of likely N-dealkylation sites (tertiary alicyclic amines) is 1. The van der Waals surface area contributed by atoms with Gasteiger partial charge in [0, 0.05) is 56.6 Å². The first-order valence-electron chi connectivity index (χ1n) is 15.9. The number of hydrogen-bond acceptors (Lipinski definition) is 8. The number of nitrogens with one attached hydrogen (secondary N) is 2. The molecule has 238 valence electrons. The fourth-order valence-electron chi connectivity index (χ4n) is 6.67. The van der Waals surface area contributed by atoms with Gasteiger partial charge in [0.05, 0.1) is 35.1 Å². The van der Waals surface area contributed by atoms with E-state index in [2.05, 4.69) is 37.6 Å². The molecule has 0 radical (unpaired) electrons. The Labute approximate surface area is 270 Å². The monoisotopic (exact) mass is 631 g/mol. The molecule has 2 N–H and O–H groups in total. The third-order valence-electron chi connectivity index (χ3n) is 9.31. The normalized spacial score (nSPS) is 17.7. The molecule has 3 aliphatic heterocycles.